The molecular formula is C30H41NO3. The van der Waals surface area contributed by atoms with E-state index in [1.165, 1.54) is 5.57 Å². The van der Waals surface area contributed by atoms with Gasteiger partial charge >= 0.3 is 0 Å². The highest BCUT2D eigenvalue weighted by atomic mass is 16.5. The minimum atomic E-state index is 0.00174. The molecule has 0 amide bonds. The van der Waals surface area contributed by atoms with Crippen LogP contribution in [0.3, 0.4) is 0 Å². The fourth-order valence-electron chi connectivity index (χ4n) is 8.06. The minimum Gasteiger partial charge on any atom is -0.486 e. The van der Waals surface area contributed by atoms with Gasteiger partial charge in [-0.25, -0.2) is 0 Å². The Hall–Kier alpha value is -2.36. The highest BCUT2D eigenvalue weighted by Gasteiger charge is 2.61. The third-order valence-corrected chi connectivity index (χ3v) is 9.51. The Labute approximate surface area is 205 Å². The van der Waals surface area contributed by atoms with Crippen LogP contribution in [0.25, 0.3) is 0 Å². The molecule has 4 aliphatic carbocycles. The van der Waals surface area contributed by atoms with Crippen LogP contribution in [0.4, 0.5) is 5.69 Å². The van der Waals surface area contributed by atoms with Gasteiger partial charge in [-0.1, -0.05) is 46.3 Å². The van der Waals surface area contributed by atoms with E-state index in [0.29, 0.717) is 35.1 Å². The van der Waals surface area contributed by atoms with Crippen LogP contribution in [0.1, 0.15) is 66.7 Å². The lowest BCUT2D eigenvalue weighted by atomic mass is 9.47. The van der Waals surface area contributed by atoms with Crippen LogP contribution < -0.4 is 10.5 Å². The SMILES string of the molecule is CC.C[C@@H]1CC2C3CCC4=CC(=O)C=CC4(C)C3CCC2(C)C1C(=O)COc1ccc(N)cc1. The van der Waals surface area contributed by atoms with Crippen molar-refractivity contribution < 1.29 is 14.3 Å². The molecule has 4 nitrogen and oxygen atoms in total. The van der Waals surface area contributed by atoms with E-state index in [1.807, 2.05) is 32.1 Å². The van der Waals surface area contributed by atoms with Crippen molar-refractivity contribution in [2.75, 3.05) is 12.3 Å². The Morgan fingerprint density at radius 1 is 1.12 bits per heavy atom. The number of anilines is 1. The molecule has 1 aromatic carbocycles. The number of ketones is 2. The molecule has 3 fully saturated rings. The van der Waals surface area contributed by atoms with Crippen LogP contribution in [0.5, 0.6) is 5.75 Å². The van der Waals surface area contributed by atoms with E-state index in [4.69, 9.17) is 10.5 Å². The van der Waals surface area contributed by atoms with Crippen LogP contribution in [0.15, 0.2) is 48.1 Å². The standard InChI is InChI=1S/C28H35NO3.C2H6/c1-17-14-24-22-9-4-18-15-20(30)10-12-27(18,2)23(22)11-13-28(24,3)26(17)25(31)16-32-21-7-5-19(29)6-8-21;1-2/h5-8,10,12,15,17,22-24,26H,4,9,11,13-14,16,29H2,1-3H3;1-2H3/t17-,22?,23?,24?,26?,27?,28?;/m1./s1. The minimum absolute atomic E-state index is 0.00174. The molecule has 4 aliphatic rings. The van der Waals surface area contributed by atoms with Crippen molar-refractivity contribution in [1.82, 2.24) is 0 Å². The van der Waals surface area contributed by atoms with Gasteiger partial charge in [-0.15, -0.1) is 0 Å². The Morgan fingerprint density at radius 3 is 2.53 bits per heavy atom. The molecule has 0 bridgehead atoms. The molecule has 0 radical (unpaired) electrons. The molecule has 184 valence electrons. The number of benzene rings is 1. The third kappa shape index (κ3) is 4.03. The maximum atomic E-state index is 13.4. The number of fused-ring (bicyclic) bond motifs is 5. The number of hydrogen-bond acceptors (Lipinski definition) is 4. The van der Waals surface area contributed by atoms with E-state index >= 15 is 0 Å². The lowest BCUT2D eigenvalue weighted by Gasteiger charge is -2.56. The Balaban J connectivity index is 0.00000133. The molecule has 4 heteroatoms. The summed E-state index contributed by atoms with van der Waals surface area (Å²) in [6.07, 6.45) is 11.3. The van der Waals surface area contributed by atoms with Gasteiger partial charge in [0, 0.05) is 17.0 Å². The second-order valence-corrected chi connectivity index (χ2v) is 11.2. The summed E-state index contributed by atoms with van der Waals surface area (Å²) in [5.74, 6) is 3.24. The van der Waals surface area contributed by atoms with Gasteiger partial charge in [0.1, 0.15) is 12.4 Å². The molecule has 5 rings (SSSR count). The number of ether oxygens (including phenoxy) is 1. The smallest absolute Gasteiger partial charge is 0.178 e. The highest BCUT2D eigenvalue weighted by Crippen LogP contribution is 2.67. The van der Waals surface area contributed by atoms with Gasteiger partial charge in [-0.05, 0) is 97.6 Å². The first-order chi connectivity index (χ1) is 16.2. The van der Waals surface area contributed by atoms with E-state index in [2.05, 4.69) is 26.8 Å². The van der Waals surface area contributed by atoms with Crippen LogP contribution in [-0.4, -0.2) is 18.2 Å². The fourth-order valence-corrected chi connectivity index (χ4v) is 8.06. The summed E-state index contributed by atoms with van der Waals surface area (Å²) in [5.41, 5.74) is 7.81. The van der Waals surface area contributed by atoms with Gasteiger partial charge in [0.25, 0.3) is 0 Å². The van der Waals surface area contributed by atoms with Crippen LogP contribution in [0.2, 0.25) is 0 Å². The van der Waals surface area contributed by atoms with Gasteiger partial charge in [0.15, 0.2) is 11.6 Å². The number of allylic oxidation sites excluding steroid dienone is 4. The summed E-state index contributed by atoms with van der Waals surface area (Å²) < 4.78 is 5.86. The van der Waals surface area contributed by atoms with Crippen molar-refractivity contribution in [1.29, 1.82) is 0 Å². The molecule has 2 N–H and O–H groups in total. The molecule has 0 heterocycles. The van der Waals surface area contributed by atoms with Gasteiger partial charge in [0.2, 0.25) is 0 Å². The predicted molar refractivity (Wildman–Crippen MR) is 137 cm³/mol. The molecule has 3 saturated carbocycles. The summed E-state index contributed by atoms with van der Waals surface area (Å²) in [5, 5.41) is 0. The Morgan fingerprint density at radius 2 is 1.82 bits per heavy atom. The van der Waals surface area contributed by atoms with Crippen LogP contribution in [-0.2, 0) is 9.59 Å². The fraction of sp³-hybridized carbons (Fsp3) is 0.600. The maximum Gasteiger partial charge on any atom is 0.178 e. The summed E-state index contributed by atoms with van der Waals surface area (Å²) in [6, 6.07) is 7.26. The zero-order valence-corrected chi connectivity index (χ0v) is 21.5. The average Bonchev–Trinajstić information content (AvgIpc) is 3.10. The van der Waals surface area contributed by atoms with E-state index in [-0.39, 0.29) is 34.9 Å². The van der Waals surface area contributed by atoms with Gasteiger partial charge in [0.05, 0.1) is 0 Å². The number of nitrogens with two attached hydrogens (primary N) is 1. The molecule has 0 aliphatic heterocycles. The second kappa shape index (κ2) is 9.36. The van der Waals surface area contributed by atoms with Gasteiger partial charge in [-0.2, -0.15) is 0 Å². The number of carbonyl (C=O) groups excluding carboxylic acids is 2. The molecule has 0 saturated heterocycles. The average molecular weight is 464 g/mol. The van der Waals surface area contributed by atoms with Crippen molar-refractivity contribution in [2.24, 2.45) is 40.4 Å². The molecule has 1 aromatic rings. The first-order valence-corrected chi connectivity index (χ1v) is 13.2. The number of Topliss-reactive ketones (excluding diaryl/α,β-unsaturated/α-hetero) is 1. The number of hydrogen-bond donors (Lipinski definition) is 1. The van der Waals surface area contributed by atoms with Crippen LogP contribution in [0, 0.1) is 40.4 Å². The summed E-state index contributed by atoms with van der Waals surface area (Å²) >= 11 is 0. The summed E-state index contributed by atoms with van der Waals surface area (Å²) in [7, 11) is 0. The zero-order chi connectivity index (χ0) is 24.7. The van der Waals surface area contributed by atoms with Gasteiger partial charge in [-0.3, -0.25) is 9.59 Å². The summed E-state index contributed by atoms with van der Waals surface area (Å²) in [6.45, 7) is 11.1. The van der Waals surface area contributed by atoms with Crippen molar-refractivity contribution in [3.8, 4) is 5.75 Å². The number of carbonyl (C=O) groups is 2. The molecule has 0 aromatic heterocycles. The Kier molecular flexibility index (Phi) is 6.81. The highest BCUT2D eigenvalue weighted by molar-refractivity contribution is 6.01. The predicted octanol–water partition coefficient (Wildman–Crippen LogP) is 6.41. The van der Waals surface area contributed by atoms with E-state index in [9.17, 15) is 9.59 Å². The molecule has 34 heavy (non-hydrogen) atoms. The molecule has 6 unspecified atom stereocenters. The lowest BCUT2D eigenvalue weighted by molar-refractivity contribution is -0.132. The van der Waals surface area contributed by atoms with Crippen molar-refractivity contribution in [3.63, 3.8) is 0 Å². The molecule has 7 atom stereocenters. The first kappa shape index (κ1) is 24.8. The first-order valence-electron chi connectivity index (χ1n) is 13.2. The second-order valence-electron chi connectivity index (χ2n) is 11.2. The zero-order valence-electron chi connectivity index (χ0n) is 21.5. The maximum absolute atomic E-state index is 13.4. The largest absolute Gasteiger partial charge is 0.486 e. The van der Waals surface area contributed by atoms with E-state index in [1.54, 1.807) is 18.2 Å². The van der Waals surface area contributed by atoms with E-state index in [0.717, 1.165) is 32.1 Å². The number of rotatable bonds is 4. The Bertz CT molecular complexity index is 993. The molecule has 0 spiro atoms. The topological polar surface area (TPSA) is 69.4 Å². The lowest BCUT2D eigenvalue weighted by Crippen LogP contribution is -2.50. The van der Waals surface area contributed by atoms with Crippen molar-refractivity contribution in [3.05, 3.63) is 48.1 Å². The van der Waals surface area contributed by atoms with Crippen molar-refractivity contribution in [2.45, 2.75) is 66.7 Å². The normalized spacial score (nSPS) is 38.0. The molecular weight excluding hydrogens is 422 g/mol. The number of nitrogen functional groups attached to an aromatic ring is 1. The van der Waals surface area contributed by atoms with E-state index < -0.39 is 0 Å². The quantitative estimate of drug-likeness (QED) is 0.524. The van der Waals surface area contributed by atoms with Crippen LogP contribution >= 0.6 is 0 Å². The van der Waals surface area contributed by atoms with Crippen molar-refractivity contribution >= 4 is 17.3 Å². The third-order valence-electron chi connectivity index (χ3n) is 9.51. The monoisotopic (exact) mass is 463 g/mol. The van der Waals surface area contributed by atoms with Gasteiger partial charge < -0.3 is 10.5 Å². The summed E-state index contributed by atoms with van der Waals surface area (Å²) in [4.78, 5) is 25.4.